The normalized spacial score (nSPS) is 16.6. The molecule has 0 spiro atoms. The van der Waals surface area contributed by atoms with Crippen molar-refractivity contribution in [1.82, 2.24) is 0 Å². The summed E-state index contributed by atoms with van der Waals surface area (Å²) < 4.78 is 36.7. The SMILES string of the molecule is FC(F)(F)Sc1ccc(N2CCCC2)cc1Cl. The van der Waals surface area contributed by atoms with Gasteiger partial charge in [-0.2, -0.15) is 13.2 Å². The lowest BCUT2D eigenvalue weighted by molar-refractivity contribution is -0.0328. The Morgan fingerprint density at radius 3 is 2.35 bits per heavy atom. The molecule has 6 heteroatoms. The number of thioether (sulfide) groups is 1. The molecule has 0 aromatic heterocycles. The van der Waals surface area contributed by atoms with Gasteiger partial charge in [-0.3, -0.25) is 0 Å². The number of benzene rings is 1. The van der Waals surface area contributed by atoms with Gasteiger partial charge in [-0.25, -0.2) is 0 Å². The lowest BCUT2D eigenvalue weighted by Gasteiger charge is -2.18. The second-order valence-electron chi connectivity index (χ2n) is 3.86. The molecule has 1 nitrogen and oxygen atoms in total. The van der Waals surface area contributed by atoms with Crippen molar-refractivity contribution in [2.45, 2.75) is 23.2 Å². The van der Waals surface area contributed by atoms with Crippen molar-refractivity contribution in [2.24, 2.45) is 0 Å². The molecule has 2 rings (SSSR count). The quantitative estimate of drug-likeness (QED) is 0.732. The number of halogens is 4. The minimum absolute atomic E-state index is 0.0575. The number of nitrogens with zero attached hydrogens (tertiary/aromatic N) is 1. The number of hydrogen-bond acceptors (Lipinski definition) is 2. The minimum Gasteiger partial charge on any atom is -0.371 e. The molecule has 1 heterocycles. The molecule has 0 N–H and O–H groups in total. The summed E-state index contributed by atoms with van der Waals surface area (Å²) in [6.07, 6.45) is 2.24. The smallest absolute Gasteiger partial charge is 0.371 e. The van der Waals surface area contributed by atoms with Crippen molar-refractivity contribution in [3.8, 4) is 0 Å². The summed E-state index contributed by atoms with van der Waals surface area (Å²) >= 11 is 5.69. The molecule has 0 aliphatic carbocycles. The van der Waals surface area contributed by atoms with Crippen LogP contribution in [0.25, 0.3) is 0 Å². The zero-order valence-corrected chi connectivity index (χ0v) is 10.5. The summed E-state index contributed by atoms with van der Waals surface area (Å²) in [6, 6.07) is 4.75. The van der Waals surface area contributed by atoms with Gasteiger partial charge in [0.05, 0.1) is 5.02 Å². The fraction of sp³-hybridized carbons (Fsp3) is 0.455. The fourth-order valence-corrected chi connectivity index (χ4v) is 2.70. The van der Waals surface area contributed by atoms with Crippen molar-refractivity contribution in [3.05, 3.63) is 23.2 Å². The predicted molar refractivity (Wildman–Crippen MR) is 64.8 cm³/mol. The Hall–Kier alpha value is -0.550. The molecular weight excluding hydrogens is 271 g/mol. The maximum atomic E-state index is 12.2. The van der Waals surface area contributed by atoms with Gasteiger partial charge >= 0.3 is 5.51 Å². The molecular formula is C11H11ClF3NS. The van der Waals surface area contributed by atoms with Crippen LogP contribution in [0.5, 0.6) is 0 Å². The molecule has 1 aromatic carbocycles. The van der Waals surface area contributed by atoms with Crippen LogP contribution in [0.1, 0.15) is 12.8 Å². The van der Waals surface area contributed by atoms with E-state index in [1.807, 2.05) is 0 Å². The van der Waals surface area contributed by atoms with E-state index < -0.39 is 5.51 Å². The van der Waals surface area contributed by atoms with Crippen molar-refractivity contribution >= 4 is 29.1 Å². The summed E-state index contributed by atoms with van der Waals surface area (Å²) in [4.78, 5) is 2.19. The third-order valence-electron chi connectivity index (χ3n) is 2.61. The lowest BCUT2D eigenvalue weighted by Crippen LogP contribution is -2.17. The highest BCUT2D eigenvalue weighted by molar-refractivity contribution is 8.00. The third kappa shape index (κ3) is 3.45. The van der Waals surface area contributed by atoms with E-state index >= 15 is 0 Å². The molecule has 1 fully saturated rings. The second-order valence-corrected chi connectivity index (χ2v) is 5.37. The number of alkyl halides is 3. The predicted octanol–water partition coefficient (Wildman–Crippen LogP) is 4.55. The minimum atomic E-state index is -4.29. The van der Waals surface area contributed by atoms with Gasteiger partial charge in [0.2, 0.25) is 0 Å². The molecule has 0 bridgehead atoms. The Morgan fingerprint density at radius 1 is 1.18 bits per heavy atom. The van der Waals surface area contributed by atoms with Crippen LogP contribution in [0.2, 0.25) is 5.02 Å². The highest BCUT2D eigenvalue weighted by Gasteiger charge is 2.30. The van der Waals surface area contributed by atoms with Gasteiger partial charge < -0.3 is 4.90 Å². The van der Waals surface area contributed by atoms with Crippen LogP contribution in [0.15, 0.2) is 23.1 Å². The largest absolute Gasteiger partial charge is 0.446 e. The summed E-state index contributed by atoms with van der Waals surface area (Å²) in [7, 11) is 0. The molecule has 1 aliphatic heterocycles. The molecule has 1 aliphatic rings. The topological polar surface area (TPSA) is 3.24 Å². The van der Waals surface area contributed by atoms with E-state index in [-0.39, 0.29) is 21.7 Å². The molecule has 0 atom stereocenters. The van der Waals surface area contributed by atoms with Crippen molar-refractivity contribution in [1.29, 1.82) is 0 Å². The van der Waals surface area contributed by atoms with Crippen molar-refractivity contribution < 1.29 is 13.2 Å². The van der Waals surface area contributed by atoms with Gasteiger partial charge in [0.15, 0.2) is 0 Å². The first-order valence-corrected chi connectivity index (χ1v) is 6.45. The van der Waals surface area contributed by atoms with E-state index in [2.05, 4.69) is 4.90 Å². The van der Waals surface area contributed by atoms with Gasteiger partial charge in [0.25, 0.3) is 0 Å². The Bertz CT molecular complexity index is 402. The zero-order valence-electron chi connectivity index (χ0n) is 8.93. The molecule has 0 saturated carbocycles. The molecule has 17 heavy (non-hydrogen) atoms. The average Bonchev–Trinajstić information content (AvgIpc) is 2.72. The van der Waals surface area contributed by atoms with Gasteiger partial charge in [0, 0.05) is 23.7 Å². The number of hydrogen-bond donors (Lipinski definition) is 0. The maximum absolute atomic E-state index is 12.2. The molecule has 0 amide bonds. The molecule has 94 valence electrons. The van der Waals surface area contributed by atoms with Crippen LogP contribution >= 0.6 is 23.4 Å². The summed E-state index contributed by atoms with van der Waals surface area (Å²) in [5, 5.41) is 0.164. The van der Waals surface area contributed by atoms with Gasteiger partial charge in [-0.15, -0.1) is 0 Å². The van der Waals surface area contributed by atoms with Crippen molar-refractivity contribution in [3.63, 3.8) is 0 Å². The summed E-state index contributed by atoms with van der Waals surface area (Å²) in [5.41, 5.74) is -3.39. The number of rotatable bonds is 2. The maximum Gasteiger partial charge on any atom is 0.446 e. The highest BCUT2D eigenvalue weighted by Crippen LogP contribution is 2.41. The Balaban J connectivity index is 2.16. The first kappa shape index (κ1) is 12.9. The zero-order chi connectivity index (χ0) is 12.5. The Labute approximate surface area is 107 Å². The van der Waals surface area contributed by atoms with E-state index in [1.54, 1.807) is 12.1 Å². The van der Waals surface area contributed by atoms with Gasteiger partial charge in [0.1, 0.15) is 0 Å². The van der Waals surface area contributed by atoms with Gasteiger partial charge in [-0.05, 0) is 42.8 Å². The van der Waals surface area contributed by atoms with Gasteiger partial charge in [-0.1, -0.05) is 11.6 Å². The highest BCUT2D eigenvalue weighted by atomic mass is 35.5. The molecule has 0 unspecified atom stereocenters. The van der Waals surface area contributed by atoms with Crippen LogP contribution in [0, 0.1) is 0 Å². The summed E-state index contributed by atoms with van der Waals surface area (Å²) in [5.74, 6) is 0. The van der Waals surface area contributed by atoms with Crippen LogP contribution in [-0.4, -0.2) is 18.6 Å². The van der Waals surface area contributed by atoms with Crippen LogP contribution < -0.4 is 4.90 Å². The van der Waals surface area contributed by atoms with E-state index in [9.17, 15) is 13.2 Å². The third-order valence-corrected chi connectivity index (χ3v) is 3.84. The lowest BCUT2D eigenvalue weighted by atomic mass is 10.3. The Morgan fingerprint density at radius 2 is 1.82 bits per heavy atom. The second kappa shape index (κ2) is 4.98. The van der Waals surface area contributed by atoms with E-state index in [0.717, 1.165) is 31.6 Å². The average molecular weight is 282 g/mol. The van der Waals surface area contributed by atoms with Crippen molar-refractivity contribution in [2.75, 3.05) is 18.0 Å². The van der Waals surface area contributed by atoms with Crippen LogP contribution in [-0.2, 0) is 0 Å². The molecule has 1 saturated heterocycles. The monoisotopic (exact) mass is 281 g/mol. The first-order chi connectivity index (χ1) is 7.96. The molecule has 1 aromatic rings. The van der Waals surface area contributed by atoms with E-state index in [1.165, 1.54) is 6.07 Å². The van der Waals surface area contributed by atoms with Crippen LogP contribution in [0.4, 0.5) is 18.9 Å². The first-order valence-electron chi connectivity index (χ1n) is 5.26. The van der Waals surface area contributed by atoms with E-state index in [0.29, 0.717) is 0 Å². The number of anilines is 1. The molecule has 0 radical (unpaired) electrons. The van der Waals surface area contributed by atoms with Crippen LogP contribution in [0.3, 0.4) is 0 Å². The Kier molecular flexibility index (Phi) is 3.78. The summed E-state index contributed by atoms with van der Waals surface area (Å²) in [6.45, 7) is 1.89. The van der Waals surface area contributed by atoms with E-state index in [4.69, 9.17) is 11.6 Å². The standard InChI is InChI=1S/C11H11ClF3NS/c12-9-7-8(16-5-1-2-6-16)3-4-10(9)17-11(13,14)15/h3-4,7H,1-2,5-6H2. The fourth-order valence-electron chi connectivity index (χ4n) is 1.87.